The molecule has 1 aliphatic rings. The fourth-order valence-corrected chi connectivity index (χ4v) is 3.44. The Labute approximate surface area is 181 Å². The average molecular weight is 425 g/mol. The van der Waals surface area contributed by atoms with Crippen LogP contribution in [0, 0.1) is 0 Å². The van der Waals surface area contributed by atoms with Gasteiger partial charge in [0.05, 0.1) is 20.8 Å². The van der Waals surface area contributed by atoms with Crippen LogP contribution in [-0.4, -0.2) is 74.5 Å². The monoisotopic (exact) mass is 425 g/mol. The molecule has 1 heterocycles. The summed E-state index contributed by atoms with van der Waals surface area (Å²) in [5.74, 6) is 0.505. The Morgan fingerprint density at radius 3 is 2.10 bits per heavy atom. The first-order valence-electron chi connectivity index (χ1n) is 10.1. The molecule has 0 spiro atoms. The van der Waals surface area contributed by atoms with Crippen LogP contribution >= 0.6 is 0 Å². The van der Waals surface area contributed by atoms with Gasteiger partial charge in [0.2, 0.25) is 5.91 Å². The Hall–Kier alpha value is -3.55. The summed E-state index contributed by atoms with van der Waals surface area (Å²) in [6.45, 7) is 1.82. The summed E-state index contributed by atoms with van der Waals surface area (Å²) in [7, 11) is 3.07. The van der Waals surface area contributed by atoms with Gasteiger partial charge in [-0.3, -0.25) is 14.4 Å². The highest BCUT2D eigenvalue weighted by atomic mass is 16.5. The van der Waals surface area contributed by atoms with Crippen LogP contribution in [0.5, 0.6) is 11.5 Å². The smallest absolute Gasteiger partial charge is 0.254 e. The van der Waals surface area contributed by atoms with Crippen LogP contribution in [0.25, 0.3) is 0 Å². The molecule has 164 valence electrons. The first-order chi connectivity index (χ1) is 15.0. The summed E-state index contributed by atoms with van der Waals surface area (Å²) in [5.41, 5.74) is 0.989. The molecule has 0 bridgehead atoms. The lowest BCUT2D eigenvalue weighted by molar-refractivity contribution is -0.129. The maximum atomic E-state index is 13.0. The van der Waals surface area contributed by atoms with Crippen molar-refractivity contribution in [2.75, 3.05) is 46.9 Å². The zero-order valence-corrected chi connectivity index (χ0v) is 17.8. The zero-order chi connectivity index (χ0) is 22.2. The number of hydrogen-bond donors (Lipinski definition) is 1. The van der Waals surface area contributed by atoms with Gasteiger partial charge in [-0.1, -0.05) is 18.2 Å². The number of ether oxygens (including phenoxy) is 2. The van der Waals surface area contributed by atoms with Gasteiger partial charge in [0.25, 0.3) is 11.8 Å². The van der Waals surface area contributed by atoms with E-state index in [0.29, 0.717) is 55.2 Å². The molecule has 0 saturated carbocycles. The molecular weight excluding hydrogens is 398 g/mol. The minimum Gasteiger partial charge on any atom is -0.497 e. The second kappa shape index (κ2) is 10.5. The van der Waals surface area contributed by atoms with Crippen molar-refractivity contribution in [3.05, 3.63) is 59.7 Å². The van der Waals surface area contributed by atoms with Gasteiger partial charge >= 0.3 is 0 Å². The molecule has 1 N–H and O–H groups in total. The minimum absolute atomic E-state index is 0.0746. The van der Waals surface area contributed by atoms with Crippen molar-refractivity contribution in [3.8, 4) is 11.5 Å². The highest BCUT2D eigenvalue weighted by molar-refractivity contribution is 5.96. The van der Waals surface area contributed by atoms with E-state index < -0.39 is 0 Å². The lowest BCUT2D eigenvalue weighted by Gasteiger charge is -2.22. The van der Waals surface area contributed by atoms with Gasteiger partial charge in [0.1, 0.15) is 11.5 Å². The Bertz CT molecular complexity index is 910. The van der Waals surface area contributed by atoms with Crippen molar-refractivity contribution in [2.24, 2.45) is 0 Å². The molecule has 0 radical (unpaired) electrons. The van der Waals surface area contributed by atoms with E-state index in [1.54, 1.807) is 52.3 Å². The molecule has 1 fully saturated rings. The summed E-state index contributed by atoms with van der Waals surface area (Å²) in [6, 6.07) is 13.8. The number of rotatable bonds is 6. The Morgan fingerprint density at radius 2 is 1.45 bits per heavy atom. The maximum absolute atomic E-state index is 13.0. The number of amides is 3. The van der Waals surface area contributed by atoms with Crippen molar-refractivity contribution in [1.82, 2.24) is 15.1 Å². The van der Waals surface area contributed by atoms with Gasteiger partial charge in [-0.25, -0.2) is 0 Å². The fraction of sp³-hybridized carbons (Fsp3) is 0.348. The summed E-state index contributed by atoms with van der Waals surface area (Å²) in [6.07, 6.45) is 0.658. The lowest BCUT2D eigenvalue weighted by Crippen LogP contribution is -2.42. The zero-order valence-electron chi connectivity index (χ0n) is 17.8. The van der Waals surface area contributed by atoms with Gasteiger partial charge in [-0.15, -0.1) is 0 Å². The third kappa shape index (κ3) is 5.75. The standard InChI is InChI=1S/C23H27N3O5/c1-30-19-13-18(14-20(15-19)31-2)23(29)26-10-6-9-25(11-12-26)21(27)16-24-22(28)17-7-4-3-5-8-17/h3-5,7-8,13-15H,6,9-12,16H2,1-2H3,(H,24,28). The third-order valence-corrected chi connectivity index (χ3v) is 5.17. The Kier molecular flexibility index (Phi) is 7.48. The maximum Gasteiger partial charge on any atom is 0.254 e. The van der Waals surface area contributed by atoms with Gasteiger partial charge in [-0.2, -0.15) is 0 Å². The van der Waals surface area contributed by atoms with E-state index in [0.717, 1.165) is 0 Å². The van der Waals surface area contributed by atoms with E-state index in [-0.39, 0.29) is 24.3 Å². The van der Waals surface area contributed by atoms with E-state index in [4.69, 9.17) is 9.47 Å². The van der Waals surface area contributed by atoms with Crippen LogP contribution in [0.15, 0.2) is 48.5 Å². The predicted octanol–water partition coefficient (Wildman–Crippen LogP) is 1.81. The predicted molar refractivity (Wildman–Crippen MR) is 115 cm³/mol. The fourth-order valence-electron chi connectivity index (χ4n) is 3.44. The number of carbonyl (C=O) groups is 3. The molecular formula is C23H27N3O5. The van der Waals surface area contributed by atoms with E-state index in [9.17, 15) is 14.4 Å². The lowest BCUT2D eigenvalue weighted by atomic mass is 10.1. The van der Waals surface area contributed by atoms with Crippen molar-refractivity contribution in [1.29, 1.82) is 0 Å². The van der Waals surface area contributed by atoms with Crippen molar-refractivity contribution >= 4 is 17.7 Å². The topological polar surface area (TPSA) is 88.2 Å². The molecule has 0 aliphatic carbocycles. The van der Waals surface area contributed by atoms with Crippen LogP contribution in [0.4, 0.5) is 0 Å². The third-order valence-electron chi connectivity index (χ3n) is 5.17. The normalized spacial score (nSPS) is 13.9. The SMILES string of the molecule is COc1cc(OC)cc(C(=O)N2CCCN(C(=O)CNC(=O)c3ccccc3)CC2)c1. The van der Waals surface area contributed by atoms with Crippen molar-refractivity contribution in [3.63, 3.8) is 0 Å². The molecule has 8 nitrogen and oxygen atoms in total. The quantitative estimate of drug-likeness (QED) is 0.763. The largest absolute Gasteiger partial charge is 0.497 e. The minimum atomic E-state index is -0.285. The van der Waals surface area contributed by atoms with Gasteiger partial charge in [0, 0.05) is 43.4 Å². The molecule has 3 amide bonds. The van der Waals surface area contributed by atoms with E-state index in [1.807, 2.05) is 6.07 Å². The molecule has 0 aromatic heterocycles. The summed E-state index contributed by atoms with van der Waals surface area (Å²) >= 11 is 0. The second-order valence-corrected chi connectivity index (χ2v) is 7.18. The van der Waals surface area contributed by atoms with Crippen LogP contribution in [0.1, 0.15) is 27.1 Å². The highest BCUT2D eigenvalue weighted by Crippen LogP contribution is 2.23. The van der Waals surface area contributed by atoms with Crippen LogP contribution in [0.2, 0.25) is 0 Å². The number of hydrogen-bond acceptors (Lipinski definition) is 5. The molecule has 2 aromatic rings. The Balaban J connectivity index is 1.57. The van der Waals surface area contributed by atoms with Crippen molar-refractivity contribution in [2.45, 2.75) is 6.42 Å². The van der Waals surface area contributed by atoms with Gasteiger partial charge < -0.3 is 24.6 Å². The number of methoxy groups -OCH3 is 2. The second-order valence-electron chi connectivity index (χ2n) is 7.18. The molecule has 8 heteroatoms. The number of nitrogens with zero attached hydrogens (tertiary/aromatic N) is 2. The van der Waals surface area contributed by atoms with E-state index in [2.05, 4.69) is 5.32 Å². The number of benzene rings is 2. The first-order valence-corrected chi connectivity index (χ1v) is 10.1. The van der Waals surface area contributed by atoms with E-state index >= 15 is 0 Å². The van der Waals surface area contributed by atoms with Crippen LogP contribution in [-0.2, 0) is 4.79 Å². The summed E-state index contributed by atoms with van der Waals surface area (Å²) in [5, 5.41) is 2.66. The van der Waals surface area contributed by atoms with Crippen LogP contribution in [0.3, 0.4) is 0 Å². The highest BCUT2D eigenvalue weighted by Gasteiger charge is 2.24. The summed E-state index contributed by atoms with van der Waals surface area (Å²) < 4.78 is 10.5. The number of carbonyl (C=O) groups excluding carboxylic acids is 3. The number of nitrogens with one attached hydrogen (secondary N) is 1. The van der Waals surface area contributed by atoms with Crippen molar-refractivity contribution < 1.29 is 23.9 Å². The van der Waals surface area contributed by atoms with E-state index in [1.165, 1.54) is 14.2 Å². The van der Waals surface area contributed by atoms with Crippen LogP contribution < -0.4 is 14.8 Å². The molecule has 0 unspecified atom stereocenters. The molecule has 1 aliphatic heterocycles. The van der Waals surface area contributed by atoms with Gasteiger partial charge in [-0.05, 0) is 30.7 Å². The first kappa shape index (κ1) is 22.1. The molecule has 1 saturated heterocycles. The molecule has 0 atom stereocenters. The Morgan fingerprint density at radius 1 is 0.839 bits per heavy atom. The summed E-state index contributed by atoms with van der Waals surface area (Å²) in [4.78, 5) is 41.1. The average Bonchev–Trinajstić information content (AvgIpc) is 3.08. The van der Waals surface area contributed by atoms with Gasteiger partial charge in [0.15, 0.2) is 0 Å². The molecule has 3 rings (SSSR count). The molecule has 2 aromatic carbocycles. The molecule has 31 heavy (non-hydrogen) atoms.